The highest BCUT2D eigenvalue weighted by Crippen LogP contribution is 2.26. The summed E-state index contributed by atoms with van der Waals surface area (Å²) >= 11 is 5.81. The number of aromatic nitrogens is 3. The molecule has 0 N–H and O–H groups in total. The molecule has 2 aromatic heterocycles. The normalized spacial score (nSPS) is 12.1. The number of hydrogen-bond donors (Lipinski definition) is 0. The molecule has 0 aliphatic rings. The molecule has 0 aliphatic heterocycles. The van der Waals surface area contributed by atoms with Crippen molar-refractivity contribution in [2.24, 2.45) is 0 Å². The summed E-state index contributed by atoms with van der Waals surface area (Å²) in [5.41, 5.74) is 2.19. The van der Waals surface area contributed by atoms with E-state index in [1.54, 1.807) is 0 Å². The Balaban J connectivity index is 2.45. The number of halogens is 1. The first-order valence-electron chi connectivity index (χ1n) is 7.13. The molecule has 110 valence electrons. The van der Waals surface area contributed by atoms with Gasteiger partial charge in [-0.2, -0.15) is 5.10 Å². The lowest BCUT2D eigenvalue weighted by molar-refractivity contribution is 0.562. The maximum absolute atomic E-state index is 5.81. The van der Waals surface area contributed by atoms with Crippen molar-refractivity contribution in [2.45, 2.75) is 39.5 Å². The standard InChI is InChI=1S/C15H23ClN4/c1-5-19(9-6-7-16)14-12-11-13(15(2,3)4)18-20(12)10-8-17-14/h8,10-11H,5-7,9H2,1-4H3. The summed E-state index contributed by atoms with van der Waals surface area (Å²) in [7, 11) is 0. The lowest BCUT2D eigenvalue weighted by Crippen LogP contribution is -2.25. The van der Waals surface area contributed by atoms with Gasteiger partial charge in [0.2, 0.25) is 0 Å². The molecule has 0 spiro atoms. The summed E-state index contributed by atoms with van der Waals surface area (Å²) in [6.45, 7) is 10.5. The van der Waals surface area contributed by atoms with E-state index in [2.05, 4.69) is 48.7 Å². The molecule has 0 aromatic carbocycles. The molecule has 0 saturated carbocycles. The second-order valence-electron chi connectivity index (χ2n) is 5.98. The Kier molecular flexibility index (Phi) is 4.53. The minimum Gasteiger partial charge on any atom is -0.355 e. The van der Waals surface area contributed by atoms with Crippen molar-refractivity contribution in [3.05, 3.63) is 24.2 Å². The van der Waals surface area contributed by atoms with Gasteiger partial charge in [-0.05, 0) is 19.4 Å². The highest BCUT2D eigenvalue weighted by atomic mass is 35.5. The van der Waals surface area contributed by atoms with Crippen LogP contribution in [0.25, 0.3) is 5.52 Å². The van der Waals surface area contributed by atoms with Gasteiger partial charge in [0.1, 0.15) is 5.52 Å². The molecule has 0 bridgehead atoms. The van der Waals surface area contributed by atoms with Crippen LogP contribution in [0.5, 0.6) is 0 Å². The Morgan fingerprint density at radius 2 is 2.10 bits per heavy atom. The van der Waals surface area contributed by atoms with E-state index in [0.29, 0.717) is 5.88 Å². The molecule has 0 fully saturated rings. The third-order valence-electron chi connectivity index (χ3n) is 3.38. The minimum absolute atomic E-state index is 0.0382. The van der Waals surface area contributed by atoms with E-state index in [0.717, 1.165) is 36.5 Å². The van der Waals surface area contributed by atoms with Crippen LogP contribution in [0.2, 0.25) is 0 Å². The molecule has 2 aromatic rings. The molecule has 0 radical (unpaired) electrons. The van der Waals surface area contributed by atoms with Crippen LogP contribution in [-0.2, 0) is 5.41 Å². The number of nitrogens with zero attached hydrogens (tertiary/aromatic N) is 4. The average Bonchev–Trinajstić information content (AvgIpc) is 2.84. The summed E-state index contributed by atoms with van der Waals surface area (Å²) in [5, 5.41) is 4.67. The fraction of sp³-hybridized carbons (Fsp3) is 0.600. The topological polar surface area (TPSA) is 33.4 Å². The van der Waals surface area contributed by atoms with E-state index >= 15 is 0 Å². The Hall–Kier alpha value is -1.29. The third-order valence-corrected chi connectivity index (χ3v) is 3.65. The quantitative estimate of drug-likeness (QED) is 0.792. The molecule has 5 heteroatoms. The molecule has 4 nitrogen and oxygen atoms in total. The van der Waals surface area contributed by atoms with Crippen LogP contribution in [0.15, 0.2) is 18.5 Å². The molecule has 0 atom stereocenters. The summed E-state index contributed by atoms with van der Waals surface area (Å²) < 4.78 is 1.92. The zero-order valence-electron chi connectivity index (χ0n) is 12.7. The predicted octanol–water partition coefficient (Wildman–Crippen LogP) is 3.48. The lowest BCUT2D eigenvalue weighted by atomic mass is 9.92. The number of fused-ring (bicyclic) bond motifs is 1. The first-order chi connectivity index (χ1) is 9.47. The van der Waals surface area contributed by atoms with Crippen molar-refractivity contribution in [3.8, 4) is 0 Å². The van der Waals surface area contributed by atoms with Gasteiger partial charge >= 0.3 is 0 Å². The van der Waals surface area contributed by atoms with Crippen LogP contribution >= 0.6 is 11.6 Å². The van der Waals surface area contributed by atoms with Gasteiger partial charge in [0.25, 0.3) is 0 Å². The molecule has 20 heavy (non-hydrogen) atoms. The molecule has 2 rings (SSSR count). The zero-order valence-corrected chi connectivity index (χ0v) is 13.5. The maximum Gasteiger partial charge on any atom is 0.154 e. The van der Waals surface area contributed by atoms with Crippen molar-refractivity contribution in [3.63, 3.8) is 0 Å². The van der Waals surface area contributed by atoms with Crippen molar-refractivity contribution < 1.29 is 0 Å². The smallest absolute Gasteiger partial charge is 0.154 e. The molecule has 0 aliphatic carbocycles. The average molecular weight is 295 g/mol. The Morgan fingerprint density at radius 3 is 2.70 bits per heavy atom. The number of alkyl halides is 1. The van der Waals surface area contributed by atoms with E-state index in [9.17, 15) is 0 Å². The second kappa shape index (κ2) is 6.00. The van der Waals surface area contributed by atoms with Gasteiger partial charge in [0.15, 0.2) is 5.82 Å². The monoisotopic (exact) mass is 294 g/mol. The fourth-order valence-corrected chi connectivity index (χ4v) is 2.30. The first kappa shape index (κ1) is 15.1. The Morgan fingerprint density at radius 1 is 1.35 bits per heavy atom. The van der Waals surface area contributed by atoms with Crippen molar-refractivity contribution in [1.82, 2.24) is 14.6 Å². The first-order valence-corrected chi connectivity index (χ1v) is 7.66. The maximum atomic E-state index is 5.81. The largest absolute Gasteiger partial charge is 0.355 e. The van der Waals surface area contributed by atoms with Crippen LogP contribution in [0, 0.1) is 0 Å². The summed E-state index contributed by atoms with van der Waals surface area (Å²) in [6.07, 6.45) is 4.67. The molecular weight excluding hydrogens is 272 g/mol. The van der Waals surface area contributed by atoms with Gasteiger partial charge in [-0.15, -0.1) is 11.6 Å². The summed E-state index contributed by atoms with van der Waals surface area (Å²) in [4.78, 5) is 6.80. The van der Waals surface area contributed by atoms with E-state index in [-0.39, 0.29) is 5.41 Å². The zero-order chi connectivity index (χ0) is 14.8. The van der Waals surface area contributed by atoms with Crippen molar-refractivity contribution in [2.75, 3.05) is 23.9 Å². The van der Waals surface area contributed by atoms with Gasteiger partial charge in [-0.3, -0.25) is 0 Å². The molecule has 0 saturated heterocycles. The van der Waals surface area contributed by atoms with Gasteiger partial charge in [-0.25, -0.2) is 9.50 Å². The lowest BCUT2D eigenvalue weighted by Gasteiger charge is -2.21. The van der Waals surface area contributed by atoms with Crippen LogP contribution in [0.4, 0.5) is 5.82 Å². The van der Waals surface area contributed by atoms with Crippen LogP contribution in [0.1, 0.15) is 39.8 Å². The SMILES string of the molecule is CCN(CCCCl)c1nccn2nc(C(C)(C)C)cc12. The van der Waals surface area contributed by atoms with E-state index in [4.69, 9.17) is 11.6 Å². The second-order valence-corrected chi connectivity index (χ2v) is 6.36. The highest BCUT2D eigenvalue weighted by Gasteiger charge is 2.20. The van der Waals surface area contributed by atoms with Crippen LogP contribution in [-0.4, -0.2) is 33.6 Å². The van der Waals surface area contributed by atoms with Gasteiger partial charge in [-0.1, -0.05) is 20.8 Å². The molecule has 2 heterocycles. The van der Waals surface area contributed by atoms with E-state index in [1.165, 1.54) is 0 Å². The van der Waals surface area contributed by atoms with E-state index < -0.39 is 0 Å². The molecule has 0 unspecified atom stereocenters. The van der Waals surface area contributed by atoms with Gasteiger partial charge < -0.3 is 4.90 Å². The predicted molar refractivity (Wildman–Crippen MR) is 84.9 cm³/mol. The Bertz CT molecular complexity index is 571. The number of hydrogen-bond acceptors (Lipinski definition) is 3. The summed E-state index contributed by atoms with van der Waals surface area (Å²) in [6, 6.07) is 2.14. The van der Waals surface area contributed by atoms with Gasteiger partial charge in [0, 0.05) is 36.8 Å². The van der Waals surface area contributed by atoms with E-state index in [1.807, 2.05) is 16.9 Å². The third kappa shape index (κ3) is 3.06. The molecular formula is C15H23ClN4. The van der Waals surface area contributed by atoms with Crippen LogP contribution in [0.3, 0.4) is 0 Å². The molecule has 0 amide bonds. The highest BCUT2D eigenvalue weighted by molar-refractivity contribution is 6.17. The number of rotatable bonds is 5. The van der Waals surface area contributed by atoms with Gasteiger partial charge in [0.05, 0.1) is 5.69 Å². The Labute approximate surface area is 125 Å². The van der Waals surface area contributed by atoms with Crippen molar-refractivity contribution >= 4 is 22.9 Å². The fourth-order valence-electron chi connectivity index (χ4n) is 2.18. The minimum atomic E-state index is 0.0382. The van der Waals surface area contributed by atoms with Crippen molar-refractivity contribution in [1.29, 1.82) is 0 Å². The number of anilines is 1. The van der Waals surface area contributed by atoms with Crippen LogP contribution < -0.4 is 4.90 Å². The summed E-state index contributed by atoms with van der Waals surface area (Å²) in [5.74, 6) is 1.66.